The Morgan fingerprint density at radius 1 is 1.40 bits per heavy atom. The van der Waals surface area contributed by atoms with Crippen molar-refractivity contribution < 1.29 is 19.5 Å². The molecular weight excluding hydrogens is 198 g/mol. The van der Waals surface area contributed by atoms with Crippen molar-refractivity contribution in [3.63, 3.8) is 0 Å². The van der Waals surface area contributed by atoms with Gasteiger partial charge in [-0.25, -0.2) is 4.79 Å². The van der Waals surface area contributed by atoms with Gasteiger partial charge in [-0.05, 0) is 12.8 Å². The lowest BCUT2D eigenvalue weighted by molar-refractivity contribution is -0.0987. The zero-order valence-corrected chi connectivity index (χ0v) is 9.95. The second-order valence-electron chi connectivity index (χ2n) is 3.60. The number of ether oxygens (including phenoxy) is 1. The van der Waals surface area contributed by atoms with Crippen LogP contribution in [0.1, 0.15) is 26.7 Å². The number of nitrogens with zero attached hydrogens (tertiary/aromatic N) is 1. The van der Waals surface area contributed by atoms with Crippen LogP contribution in [0.5, 0.6) is 0 Å². The third-order valence-electron chi connectivity index (χ3n) is 2.87. The molecule has 0 unspecified atom stereocenters. The van der Waals surface area contributed by atoms with Crippen molar-refractivity contribution in [2.75, 3.05) is 27.4 Å². The Bertz CT molecular complexity index is 184. The van der Waals surface area contributed by atoms with E-state index in [2.05, 4.69) is 4.84 Å². The number of hydrogen-bond donors (Lipinski definition) is 1. The second-order valence-corrected chi connectivity index (χ2v) is 3.60. The number of hydrogen-bond acceptors (Lipinski definition) is 4. The quantitative estimate of drug-likeness (QED) is 0.686. The minimum absolute atomic E-state index is 0.0178. The lowest BCUT2D eigenvalue weighted by Crippen LogP contribution is -2.34. The molecule has 0 fully saturated rings. The molecule has 0 heterocycles. The first-order valence-corrected chi connectivity index (χ1v) is 5.10. The Morgan fingerprint density at radius 2 is 1.93 bits per heavy atom. The summed E-state index contributed by atoms with van der Waals surface area (Å²) in [6, 6.07) is 0. The zero-order chi connectivity index (χ0) is 11.9. The highest BCUT2D eigenvalue weighted by Crippen LogP contribution is 2.25. The fourth-order valence-electron chi connectivity index (χ4n) is 1.10. The van der Waals surface area contributed by atoms with Crippen LogP contribution in [0.3, 0.4) is 0 Å². The van der Waals surface area contributed by atoms with E-state index in [0.717, 1.165) is 17.9 Å². The van der Waals surface area contributed by atoms with Crippen LogP contribution >= 0.6 is 0 Å². The predicted molar refractivity (Wildman–Crippen MR) is 56.2 cm³/mol. The minimum atomic E-state index is -0.544. The molecule has 90 valence electrons. The SMILES string of the molecule is CCC(CC)(CO)COC(=O)N(C)OC. The largest absolute Gasteiger partial charge is 0.447 e. The fourth-order valence-corrected chi connectivity index (χ4v) is 1.10. The molecule has 1 amide bonds. The summed E-state index contributed by atoms with van der Waals surface area (Å²) in [6.45, 7) is 4.16. The van der Waals surface area contributed by atoms with Crippen LogP contribution in [0.25, 0.3) is 0 Å². The zero-order valence-electron chi connectivity index (χ0n) is 9.95. The van der Waals surface area contributed by atoms with Crippen LogP contribution in [-0.4, -0.2) is 43.6 Å². The lowest BCUT2D eigenvalue weighted by atomic mass is 9.84. The van der Waals surface area contributed by atoms with Gasteiger partial charge in [-0.2, -0.15) is 5.06 Å². The molecule has 5 heteroatoms. The molecule has 0 aromatic rings. The summed E-state index contributed by atoms with van der Waals surface area (Å²) in [6.07, 6.45) is 0.991. The van der Waals surface area contributed by atoms with Gasteiger partial charge in [-0.1, -0.05) is 13.8 Å². The Hall–Kier alpha value is -0.810. The molecule has 1 N–H and O–H groups in total. The third-order valence-corrected chi connectivity index (χ3v) is 2.87. The average Bonchev–Trinajstić information content (AvgIpc) is 2.30. The standard InChI is InChI=1S/C10H21NO4/c1-5-10(6-2,7-12)8-15-9(13)11(3)14-4/h12H,5-8H2,1-4H3. The van der Waals surface area contributed by atoms with E-state index in [4.69, 9.17) is 4.74 Å². The molecule has 0 aliphatic rings. The third kappa shape index (κ3) is 4.05. The van der Waals surface area contributed by atoms with Gasteiger partial charge >= 0.3 is 6.09 Å². The number of aliphatic hydroxyl groups excluding tert-OH is 1. The van der Waals surface area contributed by atoms with Crippen LogP contribution in [0, 0.1) is 5.41 Å². The summed E-state index contributed by atoms with van der Waals surface area (Å²) in [5.74, 6) is 0. The highest BCUT2D eigenvalue weighted by Gasteiger charge is 2.27. The van der Waals surface area contributed by atoms with Crippen LogP contribution < -0.4 is 0 Å². The number of aliphatic hydroxyl groups is 1. The van der Waals surface area contributed by atoms with Crippen molar-refractivity contribution in [2.45, 2.75) is 26.7 Å². The van der Waals surface area contributed by atoms with E-state index in [1.807, 2.05) is 13.8 Å². The first kappa shape index (κ1) is 14.2. The monoisotopic (exact) mass is 219 g/mol. The molecule has 0 saturated heterocycles. The van der Waals surface area contributed by atoms with E-state index >= 15 is 0 Å². The lowest BCUT2D eigenvalue weighted by Gasteiger charge is -2.29. The molecule has 0 rings (SSSR count). The van der Waals surface area contributed by atoms with Gasteiger partial charge in [0.25, 0.3) is 0 Å². The van der Waals surface area contributed by atoms with Crippen LogP contribution in [0.4, 0.5) is 4.79 Å². The Labute approximate surface area is 90.9 Å². The van der Waals surface area contributed by atoms with Crippen molar-refractivity contribution in [2.24, 2.45) is 5.41 Å². The van der Waals surface area contributed by atoms with Crippen LogP contribution in [0.2, 0.25) is 0 Å². The normalized spacial score (nSPS) is 11.3. The second kappa shape index (κ2) is 6.63. The Morgan fingerprint density at radius 3 is 2.27 bits per heavy atom. The number of hydroxylamine groups is 2. The Balaban J connectivity index is 4.16. The maximum Gasteiger partial charge on any atom is 0.433 e. The summed E-state index contributed by atoms with van der Waals surface area (Å²) in [5.41, 5.74) is -0.329. The van der Waals surface area contributed by atoms with E-state index in [1.165, 1.54) is 14.2 Å². The van der Waals surface area contributed by atoms with E-state index < -0.39 is 6.09 Å². The topological polar surface area (TPSA) is 59.0 Å². The summed E-state index contributed by atoms with van der Waals surface area (Å²) < 4.78 is 5.03. The van der Waals surface area contributed by atoms with Crippen LogP contribution in [0.15, 0.2) is 0 Å². The summed E-state index contributed by atoms with van der Waals surface area (Å²) in [5, 5.41) is 10.3. The molecule has 0 atom stereocenters. The molecule has 0 spiro atoms. The fraction of sp³-hybridized carbons (Fsp3) is 0.900. The number of carbonyl (C=O) groups is 1. The molecule has 15 heavy (non-hydrogen) atoms. The molecule has 5 nitrogen and oxygen atoms in total. The molecule has 0 radical (unpaired) electrons. The predicted octanol–water partition coefficient (Wildman–Crippen LogP) is 1.41. The summed E-state index contributed by atoms with van der Waals surface area (Å²) in [7, 11) is 2.86. The smallest absolute Gasteiger partial charge is 0.433 e. The van der Waals surface area contributed by atoms with Crippen molar-refractivity contribution in [1.82, 2.24) is 5.06 Å². The molecule has 0 aromatic heterocycles. The highest BCUT2D eigenvalue weighted by molar-refractivity contribution is 5.65. The van der Waals surface area contributed by atoms with E-state index in [9.17, 15) is 9.90 Å². The first-order valence-electron chi connectivity index (χ1n) is 5.10. The number of amides is 1. The number of rotatable bonds is 6. The molecule has 0 bridgehead atoms. The van der Waals surface area contributed by atoms with Gasteiger partial charge < -0.3 is 9.84 Å². The van der Waals surface area contributed by atoms with Crippen molar-refractivity contribution >= 4 is 6.09 Å². The maximum atomic E-state index is 11.3. The molecule has 0 aliphatic carbocycles. The van der Waals surface area contributed by atoms with Gasteiger partial charge in [0.05, 0.1) is 13.7 Å². The van der Waals surface area contributed by atoms with Crippen molar-refractivity contribution in [3.8, 4) is 0 Å². The van der Waals surface area contributed by atoms with Gasteiger partial charge in [0.2, 0.25) is 0 Å². The number of carbonyl (C=O) groups excluding carboxylic acids is 1. The maximum absolute atomic E-state index is 11.3. The minimum Gasteiger partial charge on any atom is -0.447 e. The highest BCUT2D eigenvalue weighted by atomic mass is 16.7. The Kier molecular flexibility index (Phi) is 6.27. The van der Waals surface area contributed by atoms with Gasteiger partial charge in [0, 0.05) is 12.5 Å². The van der Waals surface area contributed by atoms with Crippen molar-refractivity contribution in [1.29, 1.82) is 0 Å². The molecule has 0 aliphatic heterocycles. The van der Waals surface area contributed by atoms with E-state index in [0.29, 0.717) is 0 Å². The van der Waals surface area contributed by atoms with E-state index in [1.54, 1.807) is 0 Å². The first-order chi connectivity index (χ1) is 7.05. The van der Waals surface area contributed by atoms with Crippen LogP contribution in [-0.2, 0) is 9.57 Å². The van der Waals surface area contributed by atoms with Gasteiger partial charge in [0.1, 0.15) is 6.61 Å². The van der Waals surface area contributed by atoms with Gasteiger partial charge in [-0.15, -0.1) is 0 Å². The van der Waals surface area contributed by atoms with Gasteiger partial charge in [-0.3, -0.25) is 4.84 Å². The van der Waals surface area contributed by atoms with Gasteiger partial charge in [0.15, 0.2) is 0 Å². The molecule has 0 saturated carbocycles. The summed E-state index contributed by atoms with van der Waals surface area (Å²) in [4.78, 5) is 15.9. The average molecular weight is 219 g/mol. The molecular formula is C10H21NO4. The molecule has 0 aromatic carbocycles. The van der Waals surface area contributed by atoms with Crippen molar-refractivity contribution in [3.05, 3.63) is 0 Å². The van der Waals surface area contributed by atoms with E-state index in [-0.39, 0.29) is 18.6 Å². The summed E-state index contributed by atoms with van der Waals surface area (Å²) >= 11 is 0.